The maximum Gasteiger partial charge on any atom is 0.220 e. The summed E-state index contributed by atoms with van der Waals surface area (Å²) in [7, 11) is 0. The number of aliphatic hydroxyl groups is 5. The molecule has 0 aromatic heterocycles. The number of nitrogens with one attached hydrogen (secondary N) is 1. The third-order valence-corrected chi connectivity index (χ3v) is 20.1. The van der Waals surface area contributed by atoms with Crippen LogP contribution in [0.3, 0.4) is 0 Å². The molecule has 9 nitrogen and oxygen atoms in total. The largest absolute Gasteiger partial charge is 0.394 e. The molecule has 1 rings (SSSR count). The predicted octanol–water partition coefficient (Wildman–Crippen LogP) is 23.4. The standard InChI is InChI=1S/C81H159NO8/c1-3-5-7-9-11-13-15-17-19-21-23-25-27-29-31-33-34-35-36-37-38-39-40-41-42-43-45-47-49-51-53-55-57-59-61-63-65-67-69-71-77(85)82-74(73-89-81-80(88)79(87)78(86)76(72-83)90-81)75(84)70-68-66-64-62-60-58-56-54-52-50-48-46-44-32-30-28-26-24-22-20-18-16-14-12-10-8-6-4-2/h68,70,74-76,78-81,83-84,86-88H,3-67,69,71-73H2,1-2H3,(H,82,85)/b70-68+. The summed E-state index contributed by atoms with van der Waals surface area (Å²) in [6.45, 7) is 3.86. The third kappa shape index (κ3) is 58.3. The first-order valence-corrected chi connectivity index (χ1v) is 40.9. The van der Waals surface area contributed by atoms with E-state index >= 15 is 0 Å². The topological polar surface area (TPSA) is 149 Å². The van der Waals surface area contributed by atoms with Gasteiger partial charge in [0.2, 0.25) is 5.91 Å². The Bertz CT molecular complexity index is 1430. The molecule has 1 amide bonds. The summed E-state index contributed by atoms with van der Waals surface area (Å²) in [6, 6.07) is -0.803. The van der Waals surface area contributed by atoms with Crippen LogP contribution in [-0.2, 0) is 14.3 Å². The number of amides is 1. The molecule has 1 saturated heterocycles. The molecule has 90 heavy (non-hydrogen) atoms. The minimum absolute atomic E-state index is 0.165. The van der Waals surface area contributed by atoms with E-state index in [9.17, 15) is 30.3 Å². The number of hydrogen-bond acceptors (Lipinski definition) is 8. The monoisotopic (exact) mass is 1270 g/mol. The smallest absolute Gasteiger partial charge is 0.220 e. The predicted molar refractivity (Wildman–Crippen MR) is 387 cm³/mol. The van der Waals surface area contributed by atoms with Crippen molar-refractivity contribution in [3.8, 4) is 0 Å². The minimum atomic E-state index is -1.57. The number of unbranched alkanes of at least 4 members (excludes halogenated alkanes) is 64. The van der Waals surface area contributed by atoms with Crippen LogP contribution < -0.4 is 5.32 Å². The van der Waals surface area contributed by atoms with E-state index in [0.717, 1.165) is 38.5 Å². The highest BCUT2D eigenvalue weighted by Gasteiger charge is 2.44. The zero-order valence-corrected chi connectivity index (χ0v) is 60.4. The Kier molecular flexibility index (Phi) is 68.3. The first-order chi connectivity index (χ1) is 44.3. The summed E-state index contributed by atoms with van der Waals surface area (Å²) in [5.41, 5.74) is 0. The van der Waals surface area contributed by atoms with Gasteiger partial charge in [0.15, 0.2) is 6.29 Å². The van der Waals surface area contributed by atoms with E-state index in [1.54, 1.807) is 6.08 Å². The quantitative estimate of drug-likeness (QED) is 0.0261. The summed E-state index contributed by atoms with van der Waals surface area (Å²) in [6.07, 6.45) is 86.7. The van der Waals surface area contributed by atoms with Crippen molar-refractivity contribution in [2.24, 2.45) is 0 Å². The van der Waals surface area contributed by atoms with Crippen LogP contribution in [0.15, 0.2) is 12.2 Å². The van der Waals surface area contributed by atoms with Crippen LogP contribution in [0.5, 0.6) is 0 Å². The molecule has 7 unspecified atom stereocenters. The average Bonchev–Trinajstić information content (AvgIpc) is 1.33. The van der Waals surface area contributed by atoms with Crippen LogP contribution in [0, 0.1) is 0 Å². The molecule has 1 fully saturated rings. The van der Waals surface area contributed by atoms with Gasteiger partial charge in [0.1, 0.15) is 24.4 Å². The highest BCUT2D eigenvalue weighted by Crippen LogP contribution is 2.24. The second kappa shape index (κ2) is 70.7. The summed E-state index contributed by atoms with van der Waals surface area (Å²) in [5.74, 6) is -0.165. The molecule has 0 spiro atoms. The molecule has 0 saturated carbocycles. The van der Waals surface area contributed by atoms with Gasteiger partial charge in [0.05, 0.1) is 25.4 Å². The molecule has 0 aromatic carbocycles. The highest BCUT2D eigenvalue weighted by atomic mass is 16.7. The van der Waals surface area contributed by atoms with E-state index < -0.39 is 49.5 Å². The second-order valence-electron chi connectivity index (χ2n) is 28.9. The maximum atomic E-state index is 13.2. The Morgan fingerprint density at radius 2 is 0.611 bits per heavy atom. The number of carbonyl (C=O) groups excluding carboxylic acids is 1. The molecule has 0 bridgehead atoms. The highest BCUT2D eigenvalue weighted by molar-refractivity contribution is 5.76. The lowest BCUT2D eigenvalue weighted by atomic mass is 9.99. The minimum Gasteiger partial charge on any atom is -0.394 e. The van der Waals surface area contributed by atoms with Gasteiger partial charge in [-0.05, 0) is 19.3 Å². The number of ether oxygens (including phenoxy) is 2. The van der Waals surface area contributed by atoms with Crippen molar-refractivity contribution in [3.05, 3.63) is 12.2 Å². The fourth-order valence-corrected chi connectivity index (χ4v) is 13.8. The molecule has 1 heterocycles. The fraction of sp³-hybridized carbons (Fsp3) is 0.963. The Balaban J connectivity index is 2.03. The van der Waals surface area contributed by atoms with E-state index in [0.29, 0.717) is 6.42 Å². The van der Waals surface area contributed by atoms with Gasteiger partial charge in [-0.2, -0.15) is 0 Å². The molecular weight excluding hydrogens is 1110 g/mol. The molecule has 536 valence electrons. The van der Waals surface area contributed by atoms with Crippen molar-refractivity contribution in [2.75, 3.05) is 13.2 Å². The van der Waals surface area contributed by atoms with Gasteiger partial charge in [-0.25, -0.2) is 0 Å². The molecule has 9 heteroatoms. The molecule has 0 radical (unpaired) electrons. The molecular formula is C81H159NO8. The number of hydrogen-bond donors (Lipinski definition) is 6. The number of allylic oxidation sites excluding steroid dienone is 1. The van der Waals surface area contributed by atoms with Crippen molar-refractivity contribution < 1.29 is 39.8 Å². The molecule has 0 aliphatic carbocycles. The van der Waals surface area contributed by atoms with Crippen molar-refractivity contribution in [1.29, 1.82) is 0 Å². The lowest BCUT2D eigenvalue weighted by molar-refractivity contribution is -0.302. The molecule has 6 N–H and O–H groups in total. The number of carbonyl (C=O) groups is 1. The average molecular weight is 1280 g/mol. The summed E-state index contributed by atoms with van der Waals surface area (Å²) in [5, 5.41) is 54.9. The second-order valence-corrected chi connectivity index (χ2v) is 28.9. The molecule has 7 atom stereocenters. The van der Waals surface area contributed by atoms with Crippen LogP contribution >= 0.6 is 0 Å². The van der Waals surface area contributed by atoms with Gasteiger partial charge in [0, 0.05) is 6.42 Å². The molecule has 1 aliphatic heterocycles. The van der Waals surface area contributed by atoms with Crippen LogP contribution in [-0.4, -0.2) is 87.5 Å². The Morgan fingerprint density at radius 3 is 0.867 bits per heavy atom. The van der Waals surface area contributed by atoms with Crippen LogP contribution in [0.4, 0.5) is 0 Å². The van der Waals surface area contributed by atoms with E-state index in [1.165, 1.54) is 385 Å². The van der Waals surface area contributed by atoms with Crippen LogP contribution in [0.1, 0.15) is 444 Å². The van der Waals surface area contributed by atoms with E-state index in [-0.39, 0.29) is 12.5 Å². The van der Waals surface area contributed by atoms with Crippen molar-refractivity contribution in [3.63, 3.8) is 0 Å². The number of aliphatic hydroxyl groups excluding tert-OH is 5. The van der Waals surface area contributed by atoms with E-state index in [2.05, 4.69) is 19.2 Å². The Hall–Kier alpha value is -1.07. The fourth-order valence-electron chi connectivity index (χ4n) is 13.8. The normalized spacial score (nSPS) is 17.7. The van der Waals surface area contributed by atoms with E-state index in [4.69, 9.17) is 9.47 Å². The molecule has 0 aromatic rings. The first kappa shape index (κ1) is 86.9. The maximum absolute atomic E-state index is 13.2. The lowest BCUT2D eigenvalue weighted by Gasteiger charge is -2.40. The van der Waals surface area contributed by atoms with Crippen LogP contribution in [0.2, 0.25) is 0 Å². The Morgan fingerprint density at radius 1 is 0.367 bits per heavy atom. The van der Waals surface area contributed by atoms with Crippen LogP contribution in [0.25, 0.3) is 0 Å². The number of rotatable bonds is 74. The van der Waals surface area contributed by atoms with Gasteiger partial charge < -0.3 is 40.3 Å². The van der Waals surface area contributed by atoms with Gasteiger partial charge in [-0.3, -0.25) is 4.79 Å². The van der Waals surface area contributed by atoms with Gasteiger partial charge >= 0.3 is 0 Å². The molecule has 1 aliphatic rings. The van der Waals surface area contributed by atoms with E-state index in [1.807, 2.05) is 6.08 Å². The van der Waals surface area contributed by atoms with Gasteiger partial charge in [-0.1, -0.05) is 431 Å². The van der Waals surface area contributed by atoms with Crippen molar-refractivity contribution in [1.82, 2.24) is 5.32 Å². The lowest BCUT2D eigenvalue weighted by Crippen LogP contribution is -2.60. The van der Waals surface area contributed by atoms with Crippen molar-refractivity contribution in [2.45, 2.75) is 487 Å². The summed E-state index contributed by atoms with van der Waals surface area (Å²) in [4.78, 5) is 13.2. The van der Waals surface area contributed by atoms with Crippen molar-refractivity contribution >= 4 is 5.91 Å². The SMILES string of the molecule is CCCCCCCCCCCCCCCCCCCCCCCCCCCC/C=C/C(O)C(COC1OC(CO)C(O)C(O)C1O)NC(=O)CCCCCCCCCCCCCCCCCCCCCCCCCCCCCCCCCCCCCCCCC. The summed E-state index contributed by atoms with van der Waals surface area (Å²) < 4.78 is 11.4. The zero-order chi connectivity index (χ0) is 64.9. The third-order valence-electron chi connectivity index (χ3n) is 20.1. The summed E-state index contributed by atoms with van der Waals surface area (Å²) >= 11 is 0. The Labute approximate surface area is 560 Å². The first-order valence-electron chi connectivity index (χ1n) is 40.9. The zero-order valence-electron chi connectivity index (χ0n) is 60.4. The van der Waals surface area contributed by atoms with Gasteiger partial charge in [-0.15, -0.1) is 0 Å². The van der Waals surface area contributed by atoms with Gasteiger partial charge in [0.25, 0.3) is 0 Å².